The zero-order valence-electron chi connectivity index (χ0n) is 13.6. The summed E-state index contributed by atoms with van der Waals surface area (Å²) < 4.78 is 38.0. The summed E-state index contributed by atoms with van der Waals surface area (Å²) >= 11 is 1.38. The van der Waals surface area contributed by atoms with Gasteiger partial charge in [0.15, 0.2) is 0 Å². The first-order valence-corrected chi connectivity index (χ1v) is 9.27. The number of alkyl halides is 3. The Morgan fingerprint density at radius 1 is 1.16 bits per heavy atom. The van der Waals surface area contributed by atoms with Crippen molar-refractivity contribution >= 4 is 23.6 Å². The predicted octanol–water partition coefficient (Wildman–Crippen LogP) is 3.29. The number of carbonyl (C=O) groups excluding carboxylic acids is 2. The summed E-state index contributed by atoms with van der Waals surface area (Å²) in [4.78, 5) is 27.7. The molecule has 1 atom stereocenters. The number of likely N-dealkylation sites (tertiary alicyclic amines) is 1. The lowest BCUT2D eigenvalue weighted by molar-refractivity contribution is -0.138. The molecule has 2 fully saturated rings. The smallest absolute Gasteiger partial charge is 0.343 e. The van der Waals surface area contributed by atoms with Crippen molar-refractivity contribution in [2.75, 3.05) is 25.4 Å². The van der Waals surface area contributed by atoms with Crippen molar-refractivity contribution < 1.29 is 22.8 Å². The Bertz CT molecular complexity index is 642. The predicted molar refractivity (Wildman–Crippen MR) is 88.8 cm³/mol. The molecule has 2 aliphatic rings. The average molecular weight is 372 g/mol. The number of thioether (sulfide) groups is 1. The summed E-state index contributed by atoms with van der Waals surface area (Å²) in [6, 6.07) is 4.89. The van der Waals surface area contributed by atoms with E-state index in [1.54, 1.807) is 9.80 Å². The van der Waals surface area contributed by atoms with Gasteiger partial charge < -0.3 is 9.80 Å². The molecule has 0 saturated carbocycles. The molecule has 136 valence electrons. The third-order valence-electron chi connectivity index (χ3n) is 4.52. The van der Waals surface area contributed by atoms with E-state index in [0.717, 1.165) is 38.1 Å². The first-order valence-electron chi connectivity index (χ1n) is 8.22. The number of hydrogen-bond acceptors (Lipinski definition) is 3. The van der Waals surface area contributed by atoms with Gasteiger partial charge in [-0.25, -0.2) is 0 Å². The van der Waals surface area contributed by atoms with E-state index in [-0.39, 0.29) is 29.4 Å². The van der Waals surface area contributed by atoms with Crippen molar-refractivity contribution in [3.8, 4) is 0 Å². The summed E-state index contributed by atoms with van der Waals surface area (Å²) in [5.41, 5.74) is -0.0567. The lowest BCUT2D eigenvalue weighted by atomic mass is 10.1. The fourth-order valence-corrected chi connectivity index (χ4v) is 4.37. The molecule has 0 bridgehead atoms. The van der Waals surface area contributed by atoms with Crippen LogP contribution in [0.1, 0.15) is 35.8 Å². The summed E-state index contributed by atoms with van der Waals surface area (Å²) in [7, 11) is 0. The molecule has 0 aromatic heterocycles. The van der Waals surface area contributed by atoms with Gasteiger partial charge in [0.25, 0.3) is 0 Å². The molecule has 25 heavy (non-hydrogen) atoms. The minimum atomic E-state index is -4.38. The van der Waals surface area contributed by atoms with Gasteiger partial charge in [-0.15, -0.1) is 11.8 Å². The van der Waals surface area contributed by atoms with Crippen LogP contribution in [0.25, 0.3) is 0 Å². The van der Waals surface area contributed by atoms with Crippen LogP contribution in [0, 0.1) is 0 Å². The Kier molecular flexibility index (Phi) is 5.27. The fourth-order valence-electron chi connectivity index (χ4n) is 3.15. The van der Waals surface area contributed by atoms with Crippen LogP contribution >= 0.6 is 11.8 Å². The first-order chi connectivity index (χ1) is 11.9. The summed E-state index contributed by atoms with van der Waals surface area (Å²) in [6.45, 7) is 1.83. The largest absolute Gasteiger partial charge is 0.416 e. The Balaban J connectivity index is 1.66. The van der Waals surface area contributed by atoms with Gasteiger partial charge in [-0.05, 0) is 30.5 Å². The molecular formula is C17H19F3N2O2S. The second kappa shape index (κ2) is 7.27. The number of rotatable bonds is 4. The topological polar surface area (TPSA) is 40.6 Å². The monoisotopic (exact) mass is 372 g/mol. The molecule has 0 radical (unpaired) electrons. The highest BCUT2D eigenvalue weighted by Crippen LogP contribution is 2.39. The van der Waals surface area contributed by atoms with E-state index in [1.165, 1.54) is 23.9 Å². The molecule has 0 spiro atoms. The van der Waals surface area contributed by atoms with Gasteiger partial charge in [0, 0.05) is 26.1 Å². The van der Waals surface area contributed by atoms with Crippen LogP contribution in [-0.2, 0) is 15.8 Å². The van der Waals surface area contributed by atoms with E-state index in [0.29, 0.717) is 12.1 Å². The minimum Gasteiger partial charge on any atom is -0.343 e. The van der Waals surface area contributed by atoms with Crippen LogP contribution in [-0.4, -0.2) is 47.0 Å². The van der Waals surface area contributed by atoms with E-state index in [2.05, 4.69) is 0 Å². The quantitative estimate of drug-likeness (QED) is 0.814. The normalized spacial score (nSPS) is 21.2. The molecule has 2 amide bonds. The van der Waals surface area contributed by atoms with Gasteiger partial charge >= 0.3 is 6.18 Å². The molecule has 1 unspecified atom stereocenters. The SMILES string of the molecule is O=C(CCN1C(=O)CSC1c1ccc(C(F)(F)F)cc1)N1CCCC1. The second-order valence-electron chi connectivity index (χ2n) is 6.21. The van der Waals surface area contributed by atoms with E-state index in [1.807, 2.05) is 0 Å². The second-order valence-corrected chi connectivity index (χ2v) is 7.28. The zero-order valence-corrected chi connectivity index (χ0v) is 14.4. The number of hydrogen-bond donors (Lipinski definition) is 0. The van der Waals surface area contributed by atoms with Crippen LogP contribution in [0.5, 0.6) is 0 Å². The van der Waals surface area contributed by atoms with Crippen molar-refractivity contribution in [3.05, 3.63) is 35.4 Å². The summed E-state index contributed by atoms with van der Waals surface area (Å²) in [5.74, 6) is 0.237. The maximum atomic E-state index is 12.7. The van der Waals surface area contributed by atoms with Gasteiger partial charge in [0.1, 0.15) is 5.37 Å². The zero-order chi connectivity index (χ0) is 18.0. The van der Waals surface area contributed by atoms with Crippen LogP contribution in [0.4, 0.5) is 13.2 Å². The highest BCUT2D eigenvalue weighted by molar-refractivity contribution is 8.00. The fraction of sp³-hybridized carbons (Fsp3) is 0.529. The van der Waals surface area contributed by atoms with Gasteiger partial charge in [0.2, 0.25) is 11.8 Å². The molecular weight excluding hydrogens is 353 g/mol. The minimum absolute atomic E-state index is 0.0355. The summed E-state index contributed by atoms with van der Waals surface area (Å²) in [5, 5.41) is -0.332. The van der Waals surface area contributed by atoms with Crippen molar-refractivity contribution in [2.24, 2.45) is 0 Å². The van der Waals surface area contributed by atoms with Crippen molar-refractivity contribution in [1.29, 1.82) is 0 Å². The highest BCUT2D eigenvalue weighted by atomic mass is 32.2. The van der Waals surface area contributed by atoms with Gasteiger partial charge in [-0.1, -0.05) is 12.1 Å². The van der Waals surface area contributed by atoms with E-state index in [9.17, 15) is 22.8 Å². The first kappa shape index (κ1) is 18.1. The number of amides is 2. The summed E-state index contributed by atoms with van der Waals surface area (Å²) in [6.07, 6.45) is -2.10. The molecule has 1 aromatic rings. The molecule has 3 rings (SSSR count). The molecule has 0 aliphatic carbocycles. The molecule has 2 saturated heterocycles. The maximum absolute atomic E-state index is 12.7. The van der Waals surface area contributed by atoms with E-state index in [4.69, 9.17) is 0 Å². The number of carbonyl (C=O) groups is 2. The molecule has 2 aliphatic heterocycles. The van der Waals surface area contributed by atoms with Gasteiger partial charge in [-0.3, -0.25) is 9.59 Å². The van der Waals surface area contributed by atoms with Crippen LogP contribution in [0.2, 0.25) is 0 Å². The molecule has 8 heteroatoms. The maximum Gasteiger partial charge on any atom is 0.416 e. The Morgan fingerprint density at radius 2 is 1.80 bits per heavy atom. The number of halogens is 3. The Hall–Kier alpha value is -1.70. The van der Waals surface area contributed by atoms with Gasteiger partial charge in [0.05, 0.1) is 11.3 Å². The Morgan fingerprint density at radius 3 is 2.40 bits per heavy atom. The van der Waals surface area contributed by atoms with Crippen LogP contribution < -0.4 is 0 Å². The van der Waals surface area contributed by atoms with Gasteiger partial charge in [-0.2, -0.15) is 13.2 Å². The van der Waals surface area contributed by atoms with E-state index < -0.39 is 11.7 Å². The van der Waals surface area contributed by atoms with Crippen LogP contribution in [0.3, 0.4) is 0 Å². The molecule has 2 heterocycles. The van der Waals surface area contributed by atoms with Crippen molar-refractivity contribution in [3.63, 3.8) is 0 Å². The van der Waals surface area contributed by atoms with Crippen molar-refractivity contribution in [2.45, 2.75) is 30.8 Å². The molecule has 4 nitrogen and oxygen atoms in total. The lowest BCUT2D eigenvalue weighted by Crippen LogP contribution is -2.34. The number of nitrogens with zero attached hydrogens (tertiary/aromatic N) is 2. The molecule has 1 aromatic carbocycles. The van der Waals surface area contributed by atoms with Crippen molar-refractivity contribution in [1.82, 2.24) is 9.80 Å². The average Bonchev–Trinajstić information content (AvgIpc) is 3.22. The Labute approximate surface area is 148 Å². The van der Waals surface area contributed by atoms with Crippen LogP contribution in [0.15, 0.2) is 24.3 Å². The number of benzene rings is 1. The van der Waals surface area contributed by atoms with E-state index >= 15 is 0 Å². The highest BCUT2D eigenvalue weighted by Gasteiger charge is 2.35. The standard InChI is InChI=1S/C17H19F3N2O2S/c18-17(19,20)13-5-3-12(4-6-13)16-22(15(24)11-25-16)10-7-14(23)21-8-1-2-9-21/h3-6,16H,1-2,7-11H2. The lowest BCUT2D eigenvalue weighted by Gasteiger charge is -2.25. The third-order valence-corrected chi connectivity index (χ3v) is 5.77. The third kappa shape index (κ3) is 4.11. The molecule has 0 N–H and O–H groups in total.